The minimum Gasteiger partial charge on any atom is -0.496 e. The third-order valence-electron chi connectivity index (χ3n) is 4.67. The molecule has 2 N–H and O–H groups in total. The summed E-state index contributed by atoms with van der Waals surface area (Å²) in [5.74, 6) is 0.657. The summed E-state index contributed by atoms with van der Waals surface area (Å²) >= 11 is 0. The van der Waals surface area contributed by atoms with Crippen molar-refractivity contribution in [3.63, 3.8) is 0 Å². The number of methoxy groups -OCH3 is 1. The van der Waals surface area contributed by atoms with Crippen LogP contribution in [0.1, 0.15) is 27.2 Å². The highest BCUT2D eigenvalue weighted by Crippen LogP contribution is 2.19. The van der Waals surface area contributed by atoms with Crippen LogP contribution in [-0.2, 0) is 6.42 Å². The Labute approximate surface area is 165 Å². The average molecular weight is 375 g/mol. The Bertz CT molecular complexity index is 970. The monoisotopic (exact) mass is 375 g/mol. The molecule has 5 nitrogen and oxygen atoms in total. The van der Waals surface area contributed by atoms with Crippen LogP contribution in [0.4, 0.5) is 11.4 Å². The van der Waals surface area contributed by atoms with Gasteiger partial charge in [0.1, 0.15) is 11.4 Å². The fourth-order valence-corrected chi connectivity index (χ4v) is 2.93. The van der Waals surface area contributed by atoms with Crippen molar-refractivity contribution in [3.05, 3.63) is 83.2 Å². The highest BCUT2D eigenvalue weighted by Gasteiger charge is 2.09. The average Bonchev–Trinajstić information content (AvgIpc) is 2.71. The number of amides is 1. The molecule has 0 unspecified atom stereocenters. The van der Waals surface area contributed by atoms with Crippen LogP contribution in [0.3, 0.4) is 0 Å². The molecular weight excluding hydrogens is 350 g/mol. The smallest absolute Gasteiger partial charge is 0.274 e. The van der Waals surface area contributed by atoms with Crippen LogP contribution in [0.2, 0.25) is 0 Å². The van der Waals surface area contributed by atoms with Gasteiger partial charge >= 0.3 is 0 Å². The topological polar surface area (TPSA) is 63.2 Å². The number of benzene rings is 2. The van der Waals surface area contributed by atoms with Gasteiger partial charge < -0.3 is 15.4 Å². The molecule has 0 atom stereocenters. The number of nitrogens with one attached hydrogen (secondary N) is 2. The van der Waals surface area contributed by atoms with Gasteiger partial charge in [-0.25, -0.2) is 0 Å². The molecule has 144 valence electrons. The van der Waals surface area contributed by atoms with Crippen LogP contribution < -0.4 is 15.4 Å². The van der Waals surface area contributed by atoms with Crippen molar-refractivity contribution in [1.82, 2.24) is 4.98 Å². The van der Waals surface area contributed by atoms with E-state index in [1.807, 2.05) is 56.3 Å². The highest BCUT2D eigenvalue weighted by atomic mass is 16.5. The Hall–Kier alpha value is -3.34. The van der Waals surface area contributed by atoms with Crippen LogP contribution in [0.25, 0.3) is 0 Å². The number of hydrogen-bond acceptors (Lipinski definition) is 4. The van der Waals surface area contributed by atoms with Gasteiger partial charge in [0.05, 0.1) is 7.11 Å². The number of carbonyl (C=O) groups is 1. The fraction of sp³-hybridized carbons (Fsp3) is 0.217. The first-order valence-electron chi connectivity index (χ1n) is 9.27. The number of pyridine rings is 1. The fourth-order valence-electron chi connectivity index (χ4n) is 2.93. The predicted molar refractivity (Wildman–Crippen MR) is 113 cm³/mol. The van der Waals surface area contributed by atoms with E-state index in [2.05, 4.69) is 21.7 Å². The van der Waals surface area contributed by atoms with Crippen LogP contribution in [0.5, 0.6) is 5.75 Å². The number of rotatable bonds is 7. The second-order valence-electron chi connectivity index (χ2n) is 6.67. The van der Waals surface area contributed by atoms with Crippen molar-refractivity contribution in [1.29, 1.82) is 0 Å². The van der Waals surface area contributed by atoms with Gasteiger partial charge in [0.2, 0.25) is 0 Å². The molecule has 0 bridgehead atoms. The van der Waals surface area contributed by atoms with Gasteiger partial charge in [0.25, 0.3) is 5.91 Å². The lowest BCUT2D eigenvalue weighted by Gasteiger charge is -2.11. The minimum absolute atomic E-state index is 0.225. The summed E-state index contributed by atoms with van der Waals surface area (Å²) in [6, 6.07) is 17.4. The number of anilines is 2. The van der Waals surface area contributed by atoms with E-state index in [9.17, 15) is 4.79 Å². The molecule has 1 aromatic heterocycles. The molecule has 0 radical (unpaired) electrons. The van der Waals surface area contributed by atoms with Crippen molar-refractivity contribution in [2.45, 2.75) is 20.3 Å². The van der Waals surface area contributed by atoms with Crippen LogP contribution in [-0.4, -0.2) is 24.5 Å². The summed E-state index contributed by atoms with van der Waals surface area (Å²) in [6.07, 6.45) is 2.46. The SMILES string of the molecule is COc1ccccc1CCNc1ccnc(C(=O)Nc2ccc(C)c(C)c2)c1. The molecule has 2 aromatic carbocycles. The van der Waals surface area contributed by atoms with Crippen LogP contribution >= 0.6 is 0 Å². The normalized spacial score (nSPS) is 10.4. The maximum atomic E-state index is 12.5. The first kappa shape index (κ1) is 19.4. The maximum Gasteiger partial charge on any atom is 0.274 e. The Kier molecular flexibility index (Phi) is 6.27. The van der Waals surface area contributed by atoms with Crippen molar-refractivity contribution in [2.24, 2.45) is 0 Å². The Balaban J connectivity index is 1.61. The van der Waals surface area contributed by atoms with E-state index in [1.165, 1.54) is 5.56 Å². The molecule has 3 rings (SSSR count). The van der Waals surface area contributed by atoms with E-state index in [-0.39, 0.29) is 5.91 Å². The zero-order valence-electron chi connectivity index (χ0n) is 16.5. The molecule has 0 fully saturated rings. The third-order valence-corrected chi connectivity index (χ3v) is 4.67. The van der Waals surface area contributed by atoms with Gasteiger partial charge in [0, 0.05) is 24.1 Å². The number of para-hydroxylation sites is 1. The minimum atomic E-state index is -0.225. The largest absolute Gasteiger partial charge is 0.496 e. The maximum absolute atomic E-state index is 12.5. The van der Waals surface area contributed by atoms with Gasteiger partial charge in [-0.1, -0.05) is 24.3 Å². The van der Waals surface area contributed by atoms with E-state index in [0.29, 0.717) is 5.69 Å². The molecule has 0 saturated heterocycles. The molecule has 0 spiro atoms. The Morgan fingerprint density at radius 1 is 1.00 bits per heavy atom. The quantitative estimate of drug-likeness (QED) is 0.633. The van der Waals surface area contributed by atoms with Crippen LogP contribution in [0.15, 0.2) is 60.8 Å². The van der Waals surface area contributed by atoms with Gasteiger partial charge in [0.15, 0.2) is 0 Å². The zero-order chi connectivity index (χ0) is 19.9. The van der Waals surface area contributed by atoms with Gasteiger partial charge in [-0.2, -0.15) is 0 Å². The van der Waals surface area contributed by atoms with Gasteiger partial charge in [-0.15, -0.1) is 0 Å². The van der Waals surface area contributed by atoms with Crippen molar-refractivity contribution >= 4 is 17.3 Å². The summed E-state index contributed by atoms with van der Waals surface area (Å²) in [5.41, 5.74) is 5.47. The van der Waals surface area contributed by atoms with Crippen molar-refractivity contribution in [2.75, 3.05) is 24.3 Å². The van der Waals surface area contributed by atoms with E-state index >= 15 is 0 Å². The molecule has 3 aromatic rings. The van der Waals surface area contributed by atoms with Crippen molar-refractivity contribution in [3.8, 4) is 5.75 Å². The van der Waals surface area contributed by atoms with Crippen molar-refractivity contribution < 1.29 is 9.53 Å². The summed E-state index contributed by atoms with van der Waals surface area (Å²) < 4.78 is 5.38. The number of aromatic nitrogens is 1. The van der Waals surface area contributed by atoms with Gasteiger partial charge in [-0.05, 0) is 67.3 Å². The Morgan fingerprint density at radius 2 is 1.82 bits per heavy atom. The lowest BCUT2D eigenvalue weighted by atomic mass is 10.1. The lowest BCUT2D eigenvalue weighted by Crippen LogP contribution is -2.14. The number of hydrogen-bond donors (Lipinski definition) is 2. The molecule has 5 heteroatoms. The molecule has 1 amide bonds. The standard InChI is InChI=1S/C23H25N3O2/c1-16-8-9-20(14-17(16)2)26-23(27)21-15-19(11-13-25-21)24-12-10-18-6-4-5-7-22(18)28-3/h4-9,11,13-15H,10,12H2,1-3H3,(H,24,25)(H,26,27). The van der Waals surface area contributed by atoms with Crippen LogP contribution in [0, 0.1) is 13.8 Å². The van der Waals surface area contributed by atoms with E-state index in [0.717, 1.165) is 41.2 Å². The second-order valence-corrected chi connectivity index (χ2v) is 6.67. The number of nitrogens with zero attached hydrogens (tertiary/aromatic N) is 1. The van der Waals surface area contributed by atoms with E-state index < -0.39 is 0 Å². The molecule has 0 aliphatic carbocycles. The van der Waals surface area contributed by atoms with E-state index in [1.54, 1.807) is 19.4 Å². The number of ether oxygens (including phenoxy) is 1. The number of carbonyl (C=O) groups excluding carboxylic acids is 1. The number of aryl methyl sites for hydroxylation is 2. The predicted octanol–water partition coefficient (Wildman–Crippen LogP) is 4.61. The summed E-state index contributed by atoms with van der Waals surface area (Å²) in [6.45, 7) is 4.79. The summed E-state index contributed by atoms with van der Waals surface area (Å²) in [4.78, 5) is 16.7. The van der Waals surface area contributed by atoms with E-state index in [4.69, 9.17) is 4.74 Å². The molecule has 28 heavy (non-hydrogen) atoms. The zero-order valence-corrected chi connectivity index (χ0v) is 16.5. The lowest BCUT2D eigenvalue weighted by molar-refractivity contribution is 0.102. The second kappa shape index (κ2) is 9.04. The molecule has 0 aliphatic rings. The first-order chi connectivity index (χ1) is 13.6. The third kappa shape index (κ3) is 4.88. The first-order valence-corrected chi connectivity index (χ1v) is 9.27. The highest BCUT2D eigenvalue weighted by molar-refractivity contribution is 6.03. The summed E-state index contributed by atoms with van der Waals surface area (Å²) in [7, 11) is 1.68. The molecule has 0 saturated carbocycles. The Morgan fingerprint density at radius 3 is 2.61 bits per heavy atom. The molecular formula is C23H25N3O2. The van der Waals surface area contributed by atoms with Gasteiger partial charge in [-0.3, -0.25) is 9.78 Å². The molecule has 0 aliphatic heterocycles. The summed E-state index contributed by atoms with van der Waals surface area (Å²) in [5, 5.41) is 6.25. The molecule has 1 heterocycles.